The van der Waals surface area contributed by atoms with Crippen LogP contribution in [0.4, 0.5) is 15.9 Å². The van der Waals surface area contributed by atoms with E-state index in [9.17, 15) is 27.7 Å². The summed E-state index contributed by atoms with van der Waals surface area (Å²) >= 11 is 6.63. The van der Waals surface area contributed by atoms with Gasteiger partial charge in [-0.2, -0.15) is 5.26 Å². The summed E-state index contributed by atoms with van der Waals surface area (Å²) in [5, 5.41) is 9.96. The van der Waals surface area contributed by atoms with Crippen LogP contribution in [0.1, 0.15) is 42.9 Å². The topological polar surface area (TPSA) is 107 Å². The monoisotopic (exact) mass is 629 g/mol. The van der Waals surface area contributed by atoms with Gasteiger partial charge in [-0.05, 0) is 55.7 Å². The number of amides is 1. The van der Waals surface area contributed by atoms with Crippen LogP contribution < -0.4 is 15.4 Å². The quantitative estimate of drug-likeness (QED) is 0.335. The maximum atomic E-state index is 13.6. The number of benzene rings is 1. The summed E-state index contributed by atoms with van der Waals surface area (Å²) in [6, 6.07) is 7.94. The van der Waals surface area contributed by atoms with Crippen molar-refractivity contribution in [3.63, 3.8) is 0 Å². The van der Waals surface area contributed by atoms with Crippen molar-refractivity contribution in [2.24, 2.45) is 0 Å². The highest BCUT2D eigenvalue weighted by molar-refractivity contribution is 8.26. The minimum atomic E-state index is -3.22. The number of thiocarbonyl (C=S) groups is 1. The van der Waals surface area contributed by atoms with Gasteiger partial charge in [0.2, 0.25) is 0 Å². The molecule has 1 atom stereocenters. The summed E-state index contributed by atoms with van der Waals surface area (Å²) in [4.78, 5) is 33.2. The Balaban J connectivity index is 1.55. The number of pyridine rings is 1. The molecular weight excluding hydrogens is 598 g/mol. The first-order chi connectivity index (χ1) is 20.0. The summed E-state index contributed by atoms with van der Waals surface area (Å²) in [7, 11) is -3.22. The Labute approximate surface area is 254 Å². The molecule has 0 bridgehead atoms. The van der Waals surface area contributed by atoms with Gasteiger partial charge in [0, 0.05) is 44.0 Å². The van der Waals surface area contributed by atoms with Gasteiger partial charge in [-0.25, -0.2) is 12.8 Å². The van der Waals surface area contributed by atoms with Crippen LogP contribution in [-0.4, -0.2) is 71.8 Å². The number of unbranched alkanes of at least 4 members (excludes halogenated alkanes) is 1. The molecule has 42 heavy (non-hydrogen) atoms. The zero-order chi connectivity index (χ0) is 30.2. The number of thioether (sulfide) groups is 1. The van der Waals surface area contributed by atoms with Gasteiger partial charge in [-0.1, -0.05) is 37.3 Å². The van der Waals surface area contributed by atoms with E-state index in [1.54, 1.807) is 29.7 Å². The van der Waals surface area contributed by atoms with E-state index >= 15 is 0 Å². The van der Waals surface area contributed by atoms with Crippen molar-refractivity contribution in [1.82, 2.24) is 9.47 Å². The number of sulfone groups is 1. The van der Waals surface area contributed by atoms with Gasteiger partial charge < -0.3 is 9.80 Å². The van der Waals surface area contributed by atoms with Crippen LogP contribution in [0.15, 0.2) is 34.0 Å². The van der Waals surface area contributed by atoms with Crippen molar-refractivity contribution in [2.45, 2.75) is 45.7 Å². The second kappa shape index (κ2) is 12.2. The molecular formula is C29H32FN5O4S3. The number of nitrogens with zero attached hydrogens (tertiary/aromatic N) is 5. The summed E-state index contributed by atoms with van der Waals surface area (Å²) < 4.78 is 39.7. The molecule has 5 rings (SSSR count). The molecule has 1 aromatic heterocycles. The third kappa shape index (κ3) is 5.85. The molecule has 222 valence electrons. The molecule has 1 unspecified atom stereocenters. The number of anilines is 2. The molecule has 0 N–H and O–H groups in total. The predicted octanol–water partition coefficient (Wildman–Crippen LogP) is 3.68. The average Bonchev–Trinajstić information content (AvgIpc) is 3.46. The Hall–Kier alpha value is -3.21. The van der Waals surface area contributed by atoms with Gasteiger partial charge in [-0.3, -0.25) is 19.1 Å². The Kier molecular flexibility index (Phi) is 8.78. The molecule has 9 nitrogen and oxygen atoms in total. The minimum Gasteiger partial charge on any atom is -0.368 e. The van der Waals surface area contributed by atoms with E-state index in [1.807, 2.05) is 6.92 Å². The number of carbonyl (C=O) groups is 1. The molecule has 2 aromatic rings. The molecule has 4 heterocycles. The van der Waals surface area contributed by atoms with E-state index < -0.39 is 15.9 Å². The predicted molar refractivity (Wildman–Crippen MR) is 168 cm³/mol. The summed E-state index contributed by atoms with van der Waals surface area (Å²) in [5.74, 6) is -0.0965. The second-order valence-electron chi connectivity index (χ2n) is 10.7. The molecule has 3 aliphatic rings. The molecule has 3 fully saturated rings. The van der Waals surface area contributed by atoms with Gasteiger partial charge >= 0.3 is 0 Å². The van der Waals surface area contributed by atoms with Crippen LogP contribution in [0.5, 0.6) is 0 Å². The first-order valence-corrected chi connectivity index (χ1v) is 17.0. The summed E-state index contributed by atoms with van der Waals surface area (Å²) in [6.45, 7) is 6.56. The third-order valence-electron chi connectivity index (χ3n) is 8.03. The van der Waals surface area contributed by atoms with Gasteiger partial charge in [-0.15, -0.1) is 0 Å². The average molecular weight is 630 g/mol. The van der Waals surface area contributed by atoms with Crippen LogP contribution in [0.25, 0.3) is 6.08 Å². The standard InChI is InChI=1S/C29H32FN5O4S3/c1-3-4-10-34-26(33-13-11-32(12-14-33)21-7-5-20(30)6-8-21)23(19(2)24(17-31)27(34)36)16-25-28(37)35(29(40)41-25)22-9-15-42(38,39)18-22/h5-8,16,22H,3-4,9-15,18H2,1-2H3/b25-16-. The third-order valence-corrected chi connectivity index (χ3v) is 11.1. The number of hydrogen-bond acceptors (Lipinski definition) is 9. The Morgan fingerprint density at radius 3 is 2.40 bits per heavy atom. The second-order valence-corrected chi connectivity index (χ2v) is 14.6. The van der Waals surface area contributed by atoms with Gasteiger partial charge in [0.05, 0.1) is 22.5 Å². The van der Waals surface area contributed by atoms with Crippen molar-refractivity contribution < 1.29 is 17.6 Å². The van der Waals surface area contributed by atoms with Crippen LogP contribution in [0.2, 0.25) is 0 Å². The lowest BCUT2D eigenvalue weighted by Crippen LogP contribution is -2.48. The summed E-state index contributed by atoms with van der Waals surface area (Å²) in [6.07, 6.45) is 3.62. The molecule has 0 spiro atoms. The maximum Gasteiger partial charge on any atom is 0.270 e. The molecule has 0 radical (unpaired) electrons. The number of hydrogen-bond donors (Lipinski definition) is 0. The van der Waals surface area contributed by atoms with E-state index in [1.165, 1.54) is 17.0 Å². The van der Waals surface area contributed by atoms with E-state index in [4.69, 9.17) is 12.2 Å². The number of nitriles is 1. The lowest BCUT2D eigenvalue weighted by molar-refractivity contribution is -0.123. The van der Waals surface area contributed by atoms with Crippen molar-refractivity contribution >= 4 is 61.6 Å². The van der Waals surface area contributed by atoms with Crippen LogP contribution in [0.3, 0.4) is 0 Å². The highest BCUT2D eigenvalue weighted by Gasteiger charge is 2.42. The Morgan fingerprint density at radius 1 is 1.14 bits per heavy atom. The molecule has 1 amide bonds. The summed E-state index contributed by atoms with van der Waals surface area (Å²) in [5.41, 5.74) is 1.67. The van der Waals surface area contributed by atoms with E-state index in [-0.39, 0.29) is 34.4 Å². The fourth-order valence-electron chi connectivity index (χ4n) is 5.74. The maximum absolute atomic E-state index is 13.6. The zero-order valence-electron chi connectivity index (χ0n) is 23.5. The van der Waals surface area contributed by atoms with E-state index in [2.05, 4.69) is 15.9 Å². The van der Waals surface area contributed by atoms with Crippen LogP contribution in [-0.2, 0) is 21.2 Å². The normalized spacial score (nSPS) is 21.4. The molecule has 13 heteroatoms. The number of piperazine rings is 1. The fraction of sp³-hybridized carbons (Fsp3) is 0.448. The highest BCUT2D eigenvalue weighted by atomic mass is 32.2. The SMILES string of the molecule is CCCCn1c(N2CCN(c3ccc(F)cc3)CC2)c(/C=C2\SC(=S)N(C3CCS(=O)(=O)C3)C2=O)c(C)c(C#N)c1=O. The van der Waals surface area contributed by atoms with Crippen LogP contribution >= 0.6 is 24.0 Å². The van der Waals surface area contributed by atoms with Gasteiger partial charge in [0.25, 0.3) is 11.5 Å². The smallest absolute Gasteiger partial charge is 0.270 e. The number of rotatable bonds is 7. The molecule has 0 saturated carbocycles. The van der Waals surface area contributed by atoms with E-state index in [0.717, 1.165) is 30.3 Å². The fourth-order valence-corrected chi connectivity index (χ4v) is 8.82. The van der Waals surface area contributed by atoms with Crippen molar-refractivity contribution in [3.05, 3.63) is 62.0 Å². The number of carbonyl (C=O) groups excluding carboxylic acids is 1. The lowest BCUT2D eigenvalue weighted by atomic mass is 10.0. The number of halogens is 1. The van der Waals surface area contributed by atoms with E-state index in [0.29, 0.717) is 65.3 Å². The zero-order valence-corrected chi connectivity index (χ0v) is 26.0. The lowest BCUT2D eigenvalue weighted by Gasteiger charge is -2.39. The van der Waals surface area contributed by atoms with Gasteiger partial charge in [0.15, 0.2) is 9.84 Å². The Bertz CT molecular complexity index is 1660. The first-order valence-electron chi connectivity index (χ1n) is 13.9. The van der Waals surface area contributed by atoms with Crippen molar-refractivity contribution in [2.75, 3.05) is 47.5 Å². The molecule has 0 aliphatic carbocycles. The Morgan fingerprint density at radius 2 is 1.81 bits per heavy atom. The molecule has 3 saturated heterocycles. The number of aromatic nitrogens is 1. The van der Waals surface area contributed by atoms with Crippen molar-refractivity contribution in [3.8, 4) is 6.07 Å². The molecule has 1 aromatic carbocycles. The largest absolute Gasteiger partial charge is 0.368 e. The molecule has 3 aliphatic heterocycles. The first kappa shape index (κ1) is 30.3. The highest BCUT2D eigenvalue weighted by Crippen LogP contribution is 2.38. The van der Waals surface area contributed by atoms with Crippen LogP contribution in [0, 0.1) is 24.1 Å². The minimum absolute atomic E-state index is 0.0227. The van der Waals surface area contributed by atoms with Crippen molar-refractivity contribution in [1.29, 1.82) is 5.26 Å². The van der Waals surface area contributed by atoms with Gasteiger partial charge in [0.1, 0.15) is 27.6 Å².